The highest BCUT2D eigenvalue weighted by molar-refractivity contribution is 5.20. The number of benzene rings is 1. The molecule has 4 nitrogen and oxygen atoms in total. The summed E-state index contributed by atoms with van der Waals surface area (Å²) in [4.78, 5) is 0. The molecule has 0 aliphatic heterocycles. The molecule has 0 aliphatic rings. The van der Waals surface area contributed by atoms with Crippen LogP contribution in [0.25, 0.3) is 0 Å². The van der Waals surface area contributed by atoms with Crippen LogP contribution in [0.15, 0.2) is 30.3 Å². The molecule has 0 amide bonds. The van der Waals surface area contributed by atoms with Crippen molar-refractivity contribution < 1.29 is 19.3 Å². The zero-order chi connectivity index (χ0) is 15.7. The number of hydrogen-bond acceptors (Lipinski definition) is 3. The summed E-state index contributed by atoms with van der Waals surface area (Å²) in [5.41, 5.74) is 0. The van der Waals surface area contributed by atoms with Crippen molar-refractivity contribution in [1.29, 1.82) is 0 Å². The summed E-state index contributed by atoms with van der Waals surface area (Å²) in [7, 11) is 0. The van der Waals surface area contributed by atoms with Crippen LogP contribution >= 0.6 is 0 Å². The third kappa shape index (κ3) is 11.5. The largest absolute Gasteiger partial charge is 0.494 e. The third-order valence-electron chi connectivity index (χ3n) is 3.21. The predicted molar refractivity (Wildman–Crippen MR) is 86.8 cm³/mol. The Balaban J connectivity index is 1.73. The van der Waals surface area contributed by atoms with Gasteiger partial charge < -0.3 is 14.2 Å². The van der Waals surface area contributed by atoms with E-state index in [0.717, 1.165) is 70.7 Å². The van der Waals surface area contributed by atoms with E-state index in [-0.39, 0.29) is 6.61 Å². The van der Waals surface area contributed by atoms with E-state index in [1.54, 1.807) is 0 Å². The standard InChI is InChI=1S/C18H29O4/c19-12-4-5-13-20-14-6-7-15-21-16-8-9-17-22-18-10-2-1-3-11-18/h1-3,10-11H,4-9,12-17H2. The Morgan fingerprint density at radius 1 is 0.636 bits per heavy atom. The van der Waals surface area contributed by atoms with E-state index in [9.17, 15) is 5.11 Å². The molecule has 0 unspecified atom stereocenters. The van der Waals surface area contributed by atoms with Crippen LogP contribution in [-0.4, -0.2) is 39.6 Å². The molecule has 1 rings (SSSR count). The van der Waals surface area contributed by atoms with Crippen LogP contribution in [0, 0.1) is 0 Å². The van der Waals surface area contributed by atoms with Gasteiger partial charge >= 0.3 is 0 Å². The SMILES string of the molecule is [O]CCCCOCCCCOCCCCOc1ccccc1. The van der Waals surface area contributed by atoms with Gasteiger partial charge in [-0.3, -0.25) is 0 Å². The molecule has 0 aliphatic carbocycles. The van der Waals surface area contributed by atoms with Crippen molar-refractivity contribution in [3.63, 3.8) is 0 Å². The average Bonchev–Trinajstić information content (AvgIpc) is 2.56. The first kappa shape index (κ1) is 18.9. The van der Waals surface area contributed by atoms with Gasteiger partial charge in [-0.25, -0.2) is 5.11 Å². The molecule has 0 fully saturated rings. The van der Waals surface area contributed by atoms with Gasteiger partial charge in [-0.1, -0.05) is 18.2 Å². The fraction of sp³-hybridized carbons (Fsp3) is 0.667. The van der Waals surface area contributed by atoms with Gasteiger partial charge in [0.2, 0.25) is 0 Å². The Morgan fingerprint density at radius 3 is 1.68 bits per heavy atom. The Bertz CT molecular complexity index is 329. The first-order valence-corrected chi connectivity index (χ1v) is 8.35. The highest BCUT2D eigenvalue weighted by Gasteiger charge is 1.94. The van der Waals surface area contributed by atoms with Crippen molar-refractivity contribution in [3.8, 4) is 5.75 Å². The fourth-order valence-electron chi connectivity index (χ4n) is 1.93. The van der Waals surface area contributed by atoms with Crippen LogP contribution in [-0.2, 0) is 14.6 Å². The maximum atomic E-state index is 10.2. The molecule has 0 heterocycles. The Hall–Kier alpha value is -1.10. The zero-order valence-electron chi connectivity index (χ0n) is 13.5. The predicted octanol–water partition coefficient (Wildman–Crippen LogP) is 3.87. The lowest BCUT2D eigenvalue weighted by Gasteiger charge is -2.07. The first-order valence-electron chi connectivity index (χ1n) is 8.35. The van der Waals surface area contributed by atoms with E-state index < -0.39 is 0 Å². The normalized spacial score (nSPS) is 10.8. The highest BCUT2D eigenvalue weighted by Crippen LogP contribution is 2.08. The maximum absolute atomic E-state index is 10.2. The van der Waals surface area contributed by atoms with Crippen molar-refractivity contribution in [3.05, 3.63) is 30.3 Å². The van der Waals surface area contributed by atoms with Gasteiger partial charge in [0.25, 0.3) is 0 Å². The quantitative estimate of drug-likeness (QED) is 0.462. The molecule has 0 aromatic heterocycles. The van der Waals surface area contributed by atoms with Gasteiger partial charge in [-0.2, -0.15) is 0 Å². The van der Waals surface area contributed by atoms with Gasteiger partial charge in [-0.15, -0.1) is 0 Å². The summed E-state index contributed by atoms with van der Waals surface area (Å²) in [6, 6.07) is 9.88. The molecule has 0 atom stereocenters. The minimum absolute atomic E-state index is 0.00753. The Morgan fingerprint density at radius 2 is 1.14 bits per heavy atom. The van der Waals surface area contributed by atoms with Crippen molar-refractivity contribution in [2.45, 2.75) is 38.5 Å². The lowest BCUT2D eigenvalue weighted by atomic mass is 10.3. The van der Waals surface area contributed by atoms with E-state index in [4.69, 9.17) is 14.2 Å². The molecular formula is C18H29O4. The summed E-state index contributed by atoms with van der Waals surface area (Å²) in [5, 5.41) is 10.2. The lowest BCUT2D eigenvalue weighted by Crippen LogP contribution is -2.03. The molecule has 0 N–H and O–H groups in total. The van der Waals surface area contributed by atoms with Crippen molar-refractivity contribution in [1.82, 2.24) is 0 Å². The van der Waals surface area contributed by atoms with Crippen LogP contribution in [0.3, 0.4) is 0 Å². The smallest absolute Gasteiger partial charge is 0.119 e. The summed E-state index contributed by atoms with van der Waals surface area (Å²) >= 11 is 0. The molecule has 0 spiro atoms. The van der Waals surface area contributed by atoms with Crippen LogP contribution in [0.5, 0.6) is 5.75 Å². The van der Waals surface area contributed by atoms with Crippen molar-refractivity contribution >= 4 is 0 Å². The molecule has 4 heteroatoms. The summed E-state index contributed by atoms with van der Waals surface area (Å²) in [6.45, 7) is 3.82. The summed E-state index contributed by atoms with van der Waals surface area (Å²) < 4.78 is 16.6. The third-order valence-corrected chi connectivity index (χ3v) is 3.21. The first-order chi connectivity index (χ1) is 10.9. The minimum Gasteiger partial charge on any atom is -0.494 e. The van der Waals surface area contributed by atoms with Gasteiger partial charge in [0.15, 0.2) is 0 Å². The molecule has 1 aromatic rings. The van der Waals surface area contributed by atoms with Crippen molar-refractivity contribution in [2.24, 2.45) is 0 Å². The fourth-order valence-corrected chi connectivity index (χ4v) is 1.93. The molecule has 0 saturated heterocycles. The number of ether oxygens (including phenoxy) is 3. The molecular weight excluding hydrogens is 280 g/mol. The molecule has 1 radical (unpaired) electrons. The van der Waals surface area contributed by atoms with Crippen LogP contribution in [0.4, 0.5) is 0 Å². The van der Waals surface area contributed by atoms with Crippen LogP contribution < -0.4 is 4.74 Å². The molecule has 22 heavy (non-hydrogen) atoms. The molecule has 0 saturated carbocycles. The second kappa shape index (κ2) is 14.8. The minimum atomic E-state index is 0.00753. The van der Waals surface area contributed by atoms with Gasteiger partial charge in [0.05, 0.1) is 13.2 Å². The van der Waals surface area contributed by atoms with E-state index in [0.29, 0.717) is 6.61 Å². The Kier molecular flexibility index (Phi) is 12.8. The second-order valence-electron chi connectivity index (χ2n) is 5.21. The Labute approximate surface area is 134 Å². The lowest BCUT2D eigenvalue weighted by molar-refractivity contribution is 0.0938. The molecule has 1 aromatic carbocycles. The monoisotopic (exact) mass is 309 g/mol. The van der Waals surface area contributed by atoms with Gasteiger partial charge in [0.1, 0.15) is 5.75 Å². The van der Waals surface area contributed by atoms with E-state index in [2.05, 4.69) is 0 Å². The molecule has 0 bridgehead atoms. The van der Waals surface area contributed by atoms with Crippen LogP contribution in [0.1, 0.15) is 38.5 Å². The maximum Gasteiger partial charge on any atom is 0.119 e. The number of rotatable bonds is 15. The van der Waals surface area contributed by atoms with E-state index in [1.807, 2.05) is 30.3 Å². The van der Waals surface area contributed by atoms with E-state index in [1.165, 1.54) is 0 Å². The second-order valence-corrected chi connectivity index (χ2v) is 5.21. The van der Waals surface area contributed by atoms with Crippen molar-refractivity contribution in [2.75, 3.05) is 39.6 Å². The van der Waals surface area contributed by atoms with E-state index >= 15 is 0 Å². The number of unbranched alkanes of at least 4 members (excludes halogenated alkanes) is 3. The van der Waals surface area contributed by atoms with Gasteiger partial charge in [0, 0.05) is 26.4 Å². The number of hydrogen-bond donors (Lipinski definition) is 0. The molecule has 125 valence electrons. The topological polar surface area (TPSA) is 47.6 Å². The zero-order valence-corrected chi connectivity index (χ0v) is 13.5. The van der Waals surface area contributed by atoms with Gasteiger partial charge in [-0.05, 0) is 50.7 Å². The number of para-hydroxylation sites is 1. The summed E-state index contributed by atoms with van der Waals surface area (Å²) in [6.07, 6.45) is 5.69. The highest BCUT2D eigenvalue weighted by atomic mass is 16.5. The average molecular weight is 309 g/mol. The summed E-state index contributed by atoms with van der Waals surface area (Å²) in [5.74, 6) is 0.929. The van der Waals surface area contributed by atoms with Crippen LogP contribution in [0.2, 0.25) is 0 Å².